The molecular weight excluding hydrogens is 636 g/mol. The first-order valence-corrected chi connectivity index (χ1v) is 19.8. The van der Waals surface area contributed by atoms with E-state index in [1.807, 2.05) is 0 Å². The van der Waals surface area contributed by atoms with E-state index in [0.717, 1.165) is 0 Å². The van der Waals surface area contributed by atoms with Crippen LogP contribution in [0.4, 0.5) is 0 Å². The Bertz CT molecular complexity index is 1990. The molecule has 1 aliphatic rings. The highest BCUT2D eigenvalue weighted by molar-refractivity contribution is 7.68. The molecule has 4 atom stereocenters. The van der Waals surface area contributed by atoms with E-state index in [9.17, 15) is 4.79 Å². The predicted octanol–water partition coefficient (Wildman–Crippen LogP) is 12.3. The molecule has 1 saturated heterocycles. The molecule has 0 radical (unpaired) electrons. The van der Waals surface area contributed by atoms with Crippen LogP contribution in [0.15, 0.2) is 146 Å². The minimum absolute atomic E-state index is 0.0316. The number of hydrogen-bond donors (Lipinski definition) is 0. The quantitative estimate of drug-likeness (QED) is 0.115. The lowest BCUT2D eigenvalue weighted by molar-refractivity contribution is -0.119. The predicted molar refractivity (Wildman–Crippen MR) is 217 cm³/mol. The van der Waals surface area contributed by atoms with Gasteiger partial charge in [0, 0.05) is 30.3 Å². The summed E-state index contributed by atoms with van der Waals surface area (Å²) in [6.07, 6.45) is 1.17. The van der Waals surface area contributed by atoms with E-state index >= 15 is 0 Å². The van der Waals surface area contributed by atoms with E-state index in [-0.39, 0.29) is 22.7 Å². The highest BCUT2D eigenvalue weighted by Gasteiger charge is 2.47. The van der Waals surface area contributed by atoms with E-state index in [2.05, 4.69) is 187 Å². The average molecular weight is 685 g/mol. The maximum absolute atomic E-state index is 13.8. The molecule has 0 N–H and O–H groups in total. The summed E-state index contributed by atoms with van der Waals surface area (Å²) in [5.41, 5.74) is 14.7. The van der Waals surface area contributed by atoms with E-state index in [4.69, 9.17) is 0 Å². The molecule has 1 heterocycles. The Morgan fingerprint density at radius 1 is 0.529 bits per heavy atom. The number of carbonyl (C=O) groups excluding carboxylic acids is 1. The topological polar surface area (TPSA) is 17.1 Å². The molecule has 0 aliphatic carbocycles. The zero-order chi connectivity index (χ0) is 35.7. The van der Waals surface area contributed by atoms with E-state index in [1.54, 1.807) is 0 Å². The monoisotopic (exact) mass is 684 g/mol. The fourth-order valence-corrected chi connectivity index (χ4v) is 12.9. The number of carbonyl (C=O) groups is 1. The summed E-state index contributed by atoms with van der Waals surface area (Å²) < 4.78 is 0. The number of benzene rings is 6. The highest BCUT2D eigenvalue weighted by Crippen LogP contribution is 2.67. The number of Topliss-reactive ketones (excluding diaryl/α,β-unsaturated/α-hetero) is 1. The van der Waals surface area contributed by atoms with Gasteiger partial charge in [-0.25, -0.2) is 0 Å². The fourth-order valence-electron chi connectivity index (χ4n) is 8.95. The van der Waals surface area contributed by atoms with Crippen molar-refractivity contribution in [2.75, 3.05) is 0 Å². The molecule has 0 amide bonds. The fraction of sp³-hybridized carbons (Fsp3) is 0.245. The molecule has 1 aliphatic heterocycles. The maximum Gasteiger partial charge on any atom is 0.134 e. The molecule has 7 rings (SSSR count). The summed E-state index contributed by atoms with van der Waals surface area (Å²) in [7, 11) is -0.904. The molecule has 1 fully saturated rings. The Hall–Kier alpha value is -4.58. The highest BCUT2D eigenvalue weighted by atomic mass is 31.1. The molecular formula is C49H49OP. The van der Waals surface area contributed by atoms with Crippen LogP contribution in [0.5, 0.6) is 0 Å². The van der Waals surface area contributed by atoms with Gasteiger partial charge in [0.05, 0.1) is 0 Å². The zero-order valence-electron chi connectivity index (χ0n) is 30.9. The molecule has 6 aromatic carbocycles. The van der Waals surface area contributed by atoms with Gasteiger partial charge in [0.1, 0.15) is 5.78 Å². The van der Waals surface area contributed by atoms with Crippen molar-refractivity contribution in [1.82, 2.24) is 0 Å². The van der Waals surface area contributed by atoms with Crippen molar-refractivity contribution in [2.45, 2.75) is 77.0 Å². The van der Waals surface area contributed by atoms with E-state index in [0.29, 0.717) is 18.6 Å². The van der Waals surface area contributed by atoms with Crippen molar-refractivity contribution >= 4 is 19.0 Å². The van der Waals surface area contributed by atoms with Gasteiger partial charge in [-0.2, -0.15) is 0 Å². The minimum Gasteiger partial charge on any atom is -0.300 e. The molecule has 0 saturated carbocycles. The molecule has 6 aromatic rings. The Morgan fingerprint density at radius 2 is 0.922 bits per heavy atom. The van der Waals surface area contributed by atoms with Crippen molar-refractivity contribution in [3.63, 3.8) is 0 Å². The first-order chi connectivity index (χ1) is 24.7. The second-order valence-corrected chi connectivity index (χ2v) is 18.1. The van der Waals surface area contributed by atoms with Gasteiger partial charge in [-0.05, 0) is 99.4 Å². The largest absolute Gasteiger partial charge is 0.300 e. The summed E-state index contributed by atoms with van der Waals surface area (Å²) in [6.45, 7) is 13.8. The lowest BCUT2D eigenvalue weighted by Crippen LogP contribution is -2.38. The number of rotatable bonds is 8. The third-order valence-electron chi connectivity index (χ3n) is 11.1. The van der Waals surface area contributed by atoms with Crippen molar-refractivity contribution < 1.29 is 4.79 Å². The summed E-state index contributed by atoms with van der Waals surface area (Å²) in [5, 5.41) is 1.24. The minimum atomic E-state index is -0.904. The van der Waals surface area contributed by atoms with Crippen LogP contribution < -0.4 is 5.30 Å². The van der Waals surface area contributed by atoms with Crippen molar-refractivity contribution in [3.05, 3.63) is 207 Å². The van der Waals surface area contributed by atoms with Gasteiger partial charge in [-0.1, -0.05) is 167 Å². The second-order valence-electron chi connectivity index (χ2n) is 15.1. The Morgan fingerprint density at radius 3 is 1.35 bits per heavy atom. The molecule has 256 valence electrons. The average Bonchev–Trinajstić information content (AvgIpc) is 3.12. The Labute approximate surface area is 306 Å². The van der Waals surface area contributed by atoms with Crippen molar-refractivity contribution in [2.24, 2.45) is 0 Å². The number of hydrogen-bond acceptors (Lipinski definition) is 1. The van der Waals surface area contributed by atoms with Gasteiger partial charge in [-0.15, -0.1) is 0 Å². The molecule has 2 heteroatoms. The summed E-state index contributed by atoms with van der Waals surface area (Å²) in [6, 6.07) is 53.8. The summed E-state index contributed by atoms with van der Waals surface area (Å²) in [4.78, 5) is 13.8. The first-order valence-electron chi connectivity index (χ1n) is 18.4. The third-order valence-corrected chi connectivity index (χ3v) is 14.7. The van der Waals surface area contributed by atoms with Crippen LogP contribution in [-0.2, 0) is 4.79 Å². The smallest absolute Gasteiger partial charge is 0.134 e. The van der Waals surface area contributed by atoms with Crippen LogP contribution in [0.1, 0.15) is 105 Å². The molecule has 0 aromatic heterocycles. The van der Waals surface area contributed by atoms with Gasteiger partial charge in [0.2, 0.25) is 0 Å². The van der Waals surface area contributed by atoms with Crippen LogP contribution in [0.3, 0.4) is 0 Å². The SMILES string of the molecule is Cc1cccc(C)c1C(c1ccccc1)c1cccc(C(c2ccccc2)c2c(C)cccc2C)c1P1C(c2ccccc2)CC(=O)CC1(C)C. The van der Waals surface area contributed by atoms with Crippen LogP contribution in [0.25, 0.3) is 0 Å². The second kappa shape index (κ2) is 14.6. The summed E-state index contributed by atoms with van der Waals surface area (Å²) >= 11 is 0. The molecule has 4 unspecified atom stereocenters. The Kier molecular flexibility index (Phi) is 9.96. The number of ketones is 1. The van der Waals surface area contributed by atoms with Crippen molar-refractivity contribution in [1.29, 1.82) is 0 Å². The van der Waals surface area contributed by atoms with E-state index in [1.165, 1.54) is 66.5 Å². The van der Waals surface area contributed by atoms with Crippen LogP contribution in [0.2, 0.25) is 0 Å². The number of aryl methyl sites for hydroxylation is 4. The normalized spacial score (nSPS) is 18.3. The molecule has 51 heavy (non-hydrogen) atoms. The Balaban J connectivity index is 1.64. The molecule has 0 spiro atoms. The zero-order valence-corrected chi connectivity index (χ0v) is 31.8. The van der Waals surface area contributed by atoms with Gasteiger partial charge in [-0.3, -0.25) is 4.79 Å². The molecule has 1 nitrogen and oxygen atoms in total. The molecule has 0 bridgehead atoms. The third kappa shape index (κ3) is 6.78. The van der Waals surface area contributed by atoms with Gasteiger partial charge < -0.3 is 0 Å². The summed E-state index contributed by atoms with van der Waals surface area (Å²) in [5.74, 6) is 0.434. The first kappa shape index (κ1) is 34.9. The van der Waals surface area contributed by atoms with Gasteiger partial charge >= 0.3 is 0 Å². The van der Waals surface area contributed by atoms with Crippen LogP contribution in [-0.4, -0.2) is 10.9 Å². The van der Waals surface area contributed by atoms with E-state index < -0.39 is 7.92 Å². The van der Waals surface area contributed by atoms with Crippen LogP contribution >= 0.6 is 7.92 Å². The van der Waals surface area contributed by atoms with Crippen LogP contribution in [0, 0.1) is 27.7 Å². The maximum atomic E-state index is 13.8. The standard InChI is InChI=1S/C49H49OP/c1-33-19-16-20-34(2)44(33)46(38-25-12-8-13-26-38)41-29-18-30-42(47(39-27-14-9-15-28-39)45-35(3)21-17-22-36(45)4)48(41)51-43(37-23-10-7-11-24-37)31-40(50)32-49(51,5)6/h7-30,43,46-47H,31-32H2,1-6H3. The van der Waals surface area contributed by atoms with Gasteiger partial charge in [0.15, 0.2) is 0 Å². The lowest BCUT2D eigenvalue weighted by atomic mass is 9.77. The lowest BCUT2D eigenvalue weighted by Gasteiger charge is -2.47. The van der Waals surface area contributed by atoms with Gasteiger partial charge in [0.25, 0.3) is 0 Å². The van der Waals surface area contributed by atoms with Crippen molar-refractivity contribution in [3.8, 4) is 0 Å².